The number of rotatable bonds is 2. The van der Waals surface area contributed by atoms with Gasteiger partial charge < -0.3 is 5.11 Å². The van der Waals surface area contributed by atoms with E-state index in [0.29, 0.717) is 5.56 Å². The van der Waals surface area contributed by atoms with Crippen LogP contribution < -0.4 is 0 Å². The van der Waals surface area contributed by atoms with Gasteiger partial charge in [-0.05, 0) is 31.5 Å². The van der Waals surface area contributed by atoms with E-state index in [4.69, 9.17) is 0 Å². The van der Waals surface area contributed by atoms with Crippen molar-refractivity contribution in [1.29, 1.82) is 0 Å². The highest BCUT2D eigenvalue weighted by Gasteiger charge is 2.08. The smallest absolute Gasteiger partial charge is 0.134 e. The van der Waals surface area contributed by atoms with E-state index in [1.54, 1.807) is 6.07 Å². The second-order valence-corrected chi connectivity index (χ2v) is 3.98. The van der Waals surface area contributed by atoms with Crippen LogP contribution in [-0.4, -0.2) is 10.9 Å². The Morgan fingerprint density at radius 2 is 2.15 bits per heavy atom. The Labute approximate surface area is 85.7 Å². The number of Topliss-reactive ketones (excluding diaryl/α,β-unsaturated/α-hetero) is 1. The number of phenolic OH excluding ortho intramolecular Hbond substituents is 1. The lowest BCUT2D eigenvalue weighted by molar-refractivity contribution is -0.116. The van der Waals surface area contributed by atoms with Gasteiger partial charge >= 0.3 is 0 Å². The molecule has 0 saturated carbocycles. The van der Waals surface area contributed by atoms with Crippen molar-refractivity contribution in [3.8, 4) is 5.75 Å². The number of carbonyl (C=O) groups excluding carboxylic acids is 1. The molecule has 0 unspecified atom stereocenters. The third-order valence-corrected chi connectivity index (χ3v) is 2.45. The van der Waals surface area contributed by atoms with Crippen molar-refractivity contribution in [3.63, 3.8) is 0 Å². The molecule has 0 saturated heterocycles. The van der Waals surface area contributed by atoms with Crippen LogP contribution in [0.25, 0.3) is 0 Å². The third-order valence-electron chi connectivity index (χ3n) is 1.74. The lowest BCUT2D eigenvalue weighted by Crippen LogP contribution is -1.98. The minimum absolute atomic E-state index is 0.0415. The number of aryl methyl sites for hydroxylation is 1. The Kier molecular flexibility index (Phi) is 3.09. The molecule has 1 rings (SSSR count). The predicted molar refractivity (Wildman–Crippen MR) is 54.9 cm³/mol. The minimum Gasteiger partial charge on any atom is -0.508 e. The zero-order valence-electron chi connectivity index (χ0n) is 7.60. The van der Waals surface area contributed by atoms with Crippen LogP contribution in [0.15, 0.2) is 16.6 Å². The number of ketones is 1. The fourth-order valence-electron chi connectivity index (χ4n) is 1.18. The Hall–Kier alpha value is -0.830. The summed E-state index contributed by atoms with van der Waals surface area (Å²) in [5, 5.41) is 9.54. The Morgan fingerprint density at radius 3 is 2.62 bits per heavy atom. The first-order chi connectivity index (χ1) is 6.00. The van der Waals surface area contributed by atoms with Crippen LogP contribution in [0.3, 0.4) is 0 Å². The van der Waals surface area contributed by atoms with E-state index in [1.165, 1.54) is 6.92 Å². The largest absolute Gasteiger partial charge is 0.508 e. The first-order valence-corrected chi connectivity index (χ1v) is 4.77. The summed E-state index contributed by atoms with van der Waals surface area (Å²) in [4.78, 5) is 10.9. The lowest BCUT2D eigenvalue weighted by Gasteiger charge is -2.06. The summed E-state index contributed by atoms with van der Waals surface area (Å²) in [5.74, 6) is 0.224. The van der Waals surface area contributed by atoms with Crippen LogP contribution in [0.1, 0.15) is 18.1 Å². The molecule has 1 N–H and O–H groups in total. The predicted octanol–water partition coefficient (Wildman–Crippen LogP) is 2.59. The number of phenols is 1. The van der Waals surface area contributed by atoms with Crippen LogP contribution in [-0.2, 0) is 11.2 Å². The van der Waals surface area contributed by atoms with Gasteiger partial charge in [0.05, 0.1) is 0 Å². The molecule has 13 heavy (non-hydrogen) atoms. The molecule has 0 amide bonds. The summed E-state index contributed by atoms with van der Waals surface area (Å²) in [7, 11) is 0. The number of carbonyl (C=O) groups is 1. The summed E-state index contributed by atoms with van der Waals surface area (Å²) in [6.07, 6.45) is 0.271. The zero-order valence-corrected chi connectivity index (χ0v) is 9.18. The van der Waals surface area contributed by atoms with Gasteiger partial charge in [-0.1, -0.05) is 15.9 Å². The van der Waals surface area contributed by atoms with E-state index < -0.39 is 0 Å². The first kappa shape index (κ1) is 10.3. The van der Waals surface area contributed by atoms with Gasteiger partial charge in [-0.25, -0.2) is 0 Å². The summed E-state index contributed by atoms with van der Waals surface area (Å²) in [5.41, 5.74) is 1.63. The van der Waals surface area contributed by atoms with Crippen LogP contribution in [0.4, 0.5) is 0 Å². The van der Waals surface area contributed by atoms with E-state index in [9.17, 15) is 9.90 Å². The van der Waals surface area contributed by atoms with Gasteiger partial charge in [0.15, 0.2) is 0 Å². The van der Waals surface area contributed by atoms with Crippen molar-refractivity contribution in [2.75, 3.05) is 0 Å². The number of aromatic hydroxyl groups is 1. The molecule has 0 heterocycles. The van der Waals surface area contributed by atoms with Crippen molar-refractivity contribution >= 4 is 21.7 Å². The van der Waals surface area contributed by atoms with E-state index in [2.05, 4.69) is 15.9 Å². The fraction of sp³-hybridized carbons (Fsp3) is 0.300. The molecular formula is C10H11BrO2. The molecule has 0 atom stereocenters. The molecule has 0 bridgehead atoms. The molecule has 0 aliphatic rings. The quantitative estimate of drug-likeness (QED) is 0.866. The monoisotopic (exact) mass is 242 g/mol. The maximum Gasteiger partial charge on any atom is 0.134 e. The highest BCUT2D eigenvalue weighted by Crippen LogP contribution is 2.28. The van der Waals surface area contributed by atoms with E-state index in [0.717, 1.165) is 10.0 Å². The van der Waals surface area contributed by atoms with Crippen molar-refractivity contribution in [2.45, 2.75) is 20.3 Å². The van der Waals surface area contributed by atoms with Crippen molar-refractivity contribution in [2.24, 2.45) is 0 Å². The molecule has 2 nitrogen and oxygen atoms in total. The lowest BCUT2D eigenvalue weighted by atomic mass is 10.1. The standard InChI is InChI=1S/C10H11BrO2/c1-6-3-9(11)8(5-7(2)12)10(13)4-6/h3-4,13H,5H2,1-2H3. The SMILES string of the molecule is CC(=O)Cc1c(O)cc(C)cc1Br. The molecule has 0 aliphatic heterocycles. The maximum atomic E-state index is 10.9. The topological polar surface area (TPSA) is 37.3 Å². The first-order valence-electron chi connectivity index (χ1n) is 3.98. The zero-order chi connectivity index (χ0) is 10.0. The van der Waals surface area contributed by atoms with E-state index in [1.807, 2.05) is 13.0 Å². The molecule has 1 aromatic carbocycles. The number of hydrogen-bond acceptors (Lipinski definition) is 2. The fourth-order valence-corrected chi connectivity index (χ4v) is 1.88. The molecule has 70 valence electrons. The van der Waals surface area contributed by atoms with Gasteiger partial charge in [-0.2, -0.15) is 0 Å². The van der Waals surface area contributed by atoms with Crippen molar-refractivity contribution in [3.05, 3.63) is 27.7 Å². The molecule has 0 fully saturated rings. The summed E-state index contributed by atoms with van der Waals surface area (Å²) < 4.78 is 0.792. The highest BCUT2D eigenvalue weighted by atomic mass is 79.9. The molecule has 0 aromatic heterocycles. The number of benzene rings is 1. The summed E-state index contributed by atoms with van der Waals surface area (Å²) in [6.45, 7) is 3.40. The number of hydrogen-bond donors (Lipinski definition) is 1. The van der Waals surface area contributed by atoms with Gasteiger partial charge in [-0.15, -0.1) is 0 Å². The molecule has 0 radical (unpaired) electrons. The van der Waals surface area contributed by atoms with Gasteiger partial charge in [-0.3, -0.25) is 4.79 Å². The van der Waals surface area contributed by atoms with E-state index in [-0.39, 0.29) is 18.0 Å². The molecule has 3 heteroatoms. The normalized spacial score (nSPS) is 10.1. The van der Waals surface area contributed by atoms with Gasteiger partial charge in [0, 0.05) is 16.5 Å². The average Bonchev–Trinajstić information content (AvgIpc) is 1.96. The Morgan fingerprint density at radius 1 is 1.54 bits per heavy atom. The molecule has 1 aromatic rings. The van der Waals surface area contributed by atoms with Crippen molar-refractivity contribution < 1.29 is 9.90 Å². The van der Waals surface area contributed by atoms with Crippen LogP contribution in [0.5, 0.6) is 5.75 Å². The summed E-state index contributed by atoms with van der Waals surface area (Å²) >= 11 is 3.31. The van der Waals surface area contributed by atoms with Crippen LogP contribution >= 0.6 is 15.9 Å². The van der Waals surface area contributed by atoms with E-state index >= 15 is 0 Å². The average molecular weight is 243 g/mol. The van der Waals surface area contributed by atoms with Crippen molar-refractivity contribution in [1.82, 2.24) is 0 Å². The van der Waals surface area contributed by atoms with Gasteiger partial charge in [0.1, 0.15) is 11.5 Å². The second-order valence-electron chi connectivity index (χ2n) is 3.12. The molecule has 0 spiro atoms. The Bertz CT molecular complexity index is 322. The molecular weight excluding hydrogens is 232 g/mol. The molecule has 0 aliphatic carbocycles. The minimum atomic E-state index is 0.0415. The maximum absolute atomic E-state index is 10.9. The van der Waals surface area contributed by atoms with Gasteiger partial charge in [0.2, 0.25) is 0 Å². The summed E-state index contributed by atoms with van der Waals surface area (Å²) in [6, 6.07) is 3.54. The second kappa shape index (κ2) is 3.92. The number of halogens is 1. The van der Waals surface area contributed by atoms with Crippen LogP contribution in [0, 0.1) is 6.92 Å². The van der Waals surface area contributed by atoms with Gasteiger partial charge in [0.25, 0.3) is 0 Å². The third kappa shape index (κ3) is 2.56. The van der Waals surface area contributed by atoms with Crippen LogP contribution in [0.2, 0.25) is 0 Å². The Balaban J connectivity index is 3.13. The highest BCUT2D eigenvalue weighted by molar-refractivity contribution is 9.10.